The number of benzene rings is 1. The van der Waals surface area contributed by atoms with E-state index in [0.717, 1.165) is 0 Å². The molecule has 1 N–H and O–H groups in total. The third kappa shape index (κ3) is 6.34. The average molecular weight is 468 g/mol. The zero-order chi connectivity index (χ0) is 24.9. The van der Waals surface area contributed by atoms with Crippen LogP contribution in [0.15, 0.2) is 35.1 Å². The molecular weight excluding hydrogens is 438 g/mol. The van der Waals surface area contributed by atoms with E-state index >= 15 is 0 Å². The van der Waals surface area contributed by atoms with E-state index in [4.69, 9.17) is 19.7 Å². The number of amides is 1. The summed E-state index contributed by atoms with van der Waals surface area (Å²) in [6.07, 6.45) is 0.776. The number of alkyl carbamates (subject to hydrolysis) is 1. The quantitative estimate of drug-likeness (QED) is 0.665. The van der Waals surface area contributed by atoms with Crippen LogP contribution in [0.1, 0.15) is 39.2 Å². The lowest BCUT2D eigenvalue weighted by Gasteiger charge is -2.34. The van der Waals surface area contributed by atoms with E-state index in [9.17, 15) is 14.4 Å². The van der Waals surface area contributed by atoms with Crippen molar-refractivity contribution >= 4 is 18.0 Å². The smallest absolute Gasteiger partial charge is 0.407 e. The van der Waals surface area contributed by atoms with Gasteiger partial charge in [0.25, 0.3) is 5.56 Å². The SMILES string of the molecule is COC(=O)Cn1c(N2CCC(NC(=O)OC(C)(C)C)CC2)nc(-c2ccc(C#N)cc2)cc1=O. The number of methoxy groups -OCH3 is 1. The minimum absolute atomic E-state index is 0.0754. The Bertz CT molecular complexity index is 1140. The summed E-state index contributed by atoms with van der Waals surface area (Å²) in [4.78, 5) is 43.6. The molecule has 0 bridgehead atoms. The Morgan fingerprint density at radius 2 is 1.85 bits per heavy atom. The molecule has 180 valence electrons. The Morgan fingerprint density at radius 3 is 2.41 bits per heavy atom. The highest BCUT2D eigenvalue weighted by Gasteiger charge is 2.26. The van der Waals surface area contributed by atoms with E-state index in [-0.39, 0.29) is 18.1 Å². The molecule has 0 radical (unpaired) electrons. The second kappa shape index (κ2) is 10.4. The molecule has 0 aliphatic carbocycles. The van der Waals surface area contributed by atoms with Gasteiger partial charge < -0.3 is 19.7 Å². The van der Waals surface area contributed by atoms with Gasteiger partial charge in [0.15, 0.2) is 0 Å². The van der Waals surface area contributed by atoms with Gasteiger partial charge in [-0.3, -0.25) is 14.2 Å². The van der Waals surface area contributed by atoms with Gasteiger partial charge in [0.2, 0.25) is 5.95 Å². The first-order chi connectivity index (χ1) is 16.1. The van der Waals surface area contributed by atoms with Gasteiger partial charge in [-0.1, -0.05) is 12.1 Å². The van der Waals surface area contributed by atoms with Crippen LogP contribution in [-0.4, -0.2) is 53.5 Å². The molecule has 10 heteroatoms. The molecule has 1 aromatic carbocycles. The molecule has 0 saturated carbocycles. The Labute approximate surface area is 198 Å². The van der Waals surface area contributed by atoms with E-state index in [1.165, 1.54) is 17.7 Å². The fraction of sp³-hybridized carbons (Fsp3) is 0.458. The van der Waals surface area contributed by atoms with Gasteiger partial charge in [0.05, 0.1) is 24.4 Å². The van der Waals surface area contributed by atoms with E-state index in [0.29, 0.717) is 48.7 Å². The summed E-state index contributed by atoms with van der Waals surface area (Å²) in [5, 5.41) is 11.9. The van der Waals surface area contributed by atoms with Crippen molar-refractivity contribution in [3.8, 4) is 17.3 Å². The highest BCUT2D eigenvalue weighted by Crippen LogP contribution is 2.23. The van der Waals surface area contributed by atoms with Gasteiger partial charge in [-0.2, -0.15) is 5.26 Å². The number of hydrogen-bond acceptors (Lipinski definition) is 8. The zero-order valence-corrected chi connectivity index (χ0v) is 19.8. The molecule has 0 unspecified atom stereocenters. The number of anilines is 1. The van der Waals surface area contributed by atoms with Crippen LogP contribution >= 0.6 is 0 Å². The third-order valence-corrected chi connectivity index (χ3v) is 5.31. The van der Waals surface area contributed by atoms with E-state index in [2.05, 4.69) is 11.4 Å². The van der Waals surface area contributed by atoms with Crippen molar-refractivity contribution in [2.45, 2.75) is 51.8 Å². The van der Waals surface area contributed by atoms with Gasteiger partial charge in [0, 0.05) is 30.8 Å². The van der Waals surface area contributed by atoms with Crippen LogP contribution in [-0.2, 0) is 20.8 Å². The second-order valence-corrected chi connectivity index (χ2v) is 9.04. The minimum Gasteiger partial charge on any atom is -0.468 e. The van der Waals surface area contributed by atoms with Gasteiger partial charge in [0.1, 0.15) is 12.1 Å². The normalized spacial score (nSPS) is 14.3. The van der Waals surface area contributed by atoms with E-state index < -0.39 is 17.7 Å². The maximum absolute atomic E-state index is 13.0. The molecule has 1 fully saturated rings. The number of hydrogen-bond donors (Lipinski definition) is 1. The third-order valence-electron chi connectivity index (χ3n) is 5.31. The van der Waals surface area contributed by atoms with Gasteiger partial charge >= 0.3 is 12.1 Å². The standard InChI is InChI=1S/C24H29N5O5/c1-24(2,3)34-23(32)26-18-9-11-28(12-10-18)22-27-19(17-7-5-16(14-25)6-8-17)13-20(30)29(22)15-21(31)33-4/h5-8,13,18H,9-12,15H2,1-4H3,(H,26,32). The topological polar surface area (TPSA) is 127 Å². The largest absolute Gasteiger partial charge is 0.468 e. The number of nitriles is 1. The highest BCUT2D eigenvalue weighted by molar-refractivity contribution is 5.70. The number of nitrogens with zero attached hydrogens (tertiary/aromatic N) is 4. The molecule has 1 amide bonds. The van der Waals surface area contributed by atoms with Crippen LogP contribution in [0.3, 0.4) is 0 Å². The first-order valence-electron chi connectivity index (χ1n) is 11.0. The molecule has 0 atom stereocenters. The number of carbonyl (C=O) groups excluding carboxylic acids is 2. The predicted octanol–water partition coefficient (Wildman–Crippen LogP) is 2.45. The summed E-state index contributed by atoms with van der Waals surface area (Å²) < 4.78 is 11.4. The molecular formula is C24H29N5O5. The predicted molar refractivity (Wildman–Crippen MR) is 125 cm³/mol. The summed E-state index contributed by atoms with van der Waals surface area (Å²) in [6.45, 7) is 6.20. The van der Waals surface area contributed by atoms with E-state index in [1.807, 2.05) is 25.7 Å². The monoisotopic (exact) mass is 467 g/mol. The van der Waals surface area contributed by atoms with Gasteiger partial charge in [-0.15, -0.1) is 0 Å². The summed E-state index contributed by atoms with van der Waals surface area (Å²) >= 11 is 0. The van der Waals surface area contributed by atoms with Crippen molar-refractivity contribution in [1.82, 2.24) is 14.9 Å². The van der Waals surface area contributed by atoms with Crippen LogP contribution in [0.25, 0.3) is 11.3 Å². The molecule has 1 aliphatic rings. The molecule has 2 aromatic rings. The molecule has 10 nitrogen and oxygen atoms in total. The Hall–Kier alpha value is -3.87. The van der Waals surface area contributed by atoms with Crippen LogP contribution in [0.4, 0.5) is 10.7 Å². The van der Waals surface area contributed by atoms with Gasteiger partial charge in [-0.25, -0.2) is 9.78 Å². The van der Waals surface area contributed by atoms with Crippen molar-refractivity contribution in [2.24, 2.45) is 0 Å². The van der Waals surface area contributed by atoms with Crippen LogP contribution in [0.5, 0.6) is 0 Å². The Balaban J connectivity index is 1.84. The maximum atomic E-state index is 13.0. The number of nitrogens with one attached hydrogen (secondary N) is 1. The summed E-state index contributed by atoms with van der Waals surface area (Å²) in [7, 11) is 1.26. The summed E-state index contributed by atoms with van der Waals surface area (Å²) in [6, 6.07) is 10.1. The van der Waals surface area contributed by atoms with Crippen molar-refractivity contribution in [3.05, 3.63) is 46.2 Å². The second-order valence-electron chi connectivity index (χ2n) is 9.04. The fourth-order valence-corrected chi connectivity index (χ4v) is 3.64. The first kappa shape index (κ1) is 24.8. The molecule has 1 saturated heterocycles. The fourth-order valence-electron chi connectivity index (χ4n) is 3.64. The van der Waals surface area contributed by atoms with E-state index in [1.54, 1.807) is 24.3 Å². The van der Waals surface area contributed by atoms with Gasteiger partial charge in [-0.05, 0) is 45.7 Å². The van der Waals surface area contributed by atoms with Crippen LogP contribution in [0.2, 0.25) is 0 Å². The Morgan fingerprint density at radius 1 is 1.21 bits per heavy atom. The molecule has 1 aromatic heterocycles. The molecule has 2 heterocycles. The number of carbonyl (C=O) groups is 2. The zero-order valence-electron chi connectivity index (χ0n) is 19.8. The number of aromatic nitrogens is 2. The summed E-state index contributed by atoms with van der Waals surface area (Å²) in [5.74, 6) is -0.203. The average Bonchev–Trinajstić information content (AvgIpc) is 2.79. The van der Waals surface area contributed by atoms with Crippen LogP contribution < -0.4 is 15.8 Å². The Kier molecular flexibility index (Phi) is 7.56. The number of piperidine rings is 1. The molecule has 3 rings (SSSR count). The molecule has 34 heavy (non-hydrogen) atoms. The van der Waals surface area contributed by atoms with Crippen molar-refractivity contribution < 1.29 is 19.1 Å². The van der Waals surface area contributed by atoms with Crippen molar-refractivity contribution in [1.29, 1.82) is 5.26 Å². The molecule has 1 aliphatic heterocycles. The van der Waals surface area contributed by atoms with Crippen molar-refractivity contribution in [2.75, 3.05) is 25.1 Å². The van der Waals surface area contributed by atoms with Crippen molar-refractivity contribution in [3.63, 3.8) is 0 Å². The highest BCUT2D eigenvalue weighted by atomic mass is 16.6. The lowest BCUT2D eigenvalue weighted by atomic mass is 10.1. The number of esters is 1. The summed E-state index contributed by atoms with van der Waals surface area (Å²) in [5.41, 5.74) is 0.667. The first-order valence-corrected chi connectivity index (χ1v) is 11.0. The maximum Gasteiger partial charge on any atom is 0.407 e. The lowest BCUT2D eigenvalue weighted by Crippen LogP contribution is -2.47. The minimum atomic E-state index is -0.579. The number of ether oxygens (including phenoxy) is 2. The number of rotatable bonds is 5. The molecule has 0 spiro atoms. The lowest BCUT2D eigenvalue weighted by molar-refractivity contribution is -0.141. The van der Waals surface area contributed by atoms with Crippen LogP contribution in [0, 0.1) is 11.3 Å².